The van der Waals surface area contributed by atoms with Crippen molar-refractivity contribution in [3.05, 3.63) is 163 Å². The van der Waals surface area contributed by atoms with Crippen molar-refractivity contribution in [2.75, 3.05) is 107 Å². The molecule has 0 bridgehead atoms. The number of rotatable bonds is 34. The molecule has 1 aliphatic carbocycles. The summed E-state index contributed by atoms with van der Waals surface area (Å²) in [5, 5.41) is 5.59. The molecule has 1 saturated carbocycles. The third-order valence-corrected chi connectivity index (χ3v) is 18.1. The number of methoxy groups -OCH3 is 2. The number of ether oxygens (including phenoxy) is 9. The summed E-state index contributed by atoms with van der Waals surface area (Å²) in [6.07, 6.45) is 12.1. The van der Waals surface area contributed by atoms with Gasteiger partial charge in [0, 0.05) is 54.3 Å². The van der Waals surface area contributed by atoms with Gasteiger partial charge in [-0.3, -0.25) is 4.79 Å². The lowest BCUT2D eigenvalue weighted by atomic mass is 9.83. The van der Waals surface area contributed by atoms with Crippen LogP contribution in [-0.2, 0) is 49.7 Å². The van der Waals surface area contributed by atoms with Crippen LogP contribution in [0.25, 0.3) is 23.8 Å². The predicted molar refractivity (Wildman–Crippen MR) is 343 cm³/mol. The van der Waals surface area contributed by atoms with Gasteiger partial charge in [-0.15, -0.1) is 0 Å². The van der Waals surface area contributed by atoms with Gasteiger partial charge in [0.25, 0.3) is 15.9 Å². The van der Waals surface area contributed by atoms with Crippen LogP contribution in [0.3, 0.4) is 0 Å². The predicted octanol–water partition coefficient (Wildman–Crippen LogP) is 10.7. The number of fused-ring (bicyclic) bond motifs is 2. The van der Waals surface area contributed by atoms with Crippen LogP contribution in [0.5, 0.6) is 17.2 Å². The zero-order valence-corrected chi connectivity index (χ0v) is 54.0. The number of nitrogens with one attached hydrogen (secondary N) is 3. The topological polar surface area (TPSA) is 195 Å². The lowest BCUT2D eigenvalue weighted by molar-refractivity contribution is -0.362. The number of amides is 3. The molecule has 2 aliphatic heterocycles. The number of urea groups is 1. The number of hydrogen-bond donors (Lipinski definition) is 3. The van der Waals surface area contributed by atoms with Crippen molar-refractivity contribution >= 4 is 90.3 Å². The molecule has 472 valence electrons. The van der Waals surface area contributed by atoms with Crippen molar-refractivity contribution in [2.45, 2.75) is 63.3 Å². The van der Waals surface area contributed by atoms with Crippen molar-refractivity contribution in [3.63, 3.8) is 0 Å². The standard InChI is InChI=1S/C64H76BBr2F2N5O13S/c1-45-60(66)56(28-16-47-10-20-52(21-11-47)85-42-40-83-38-36-81-34-32-79-3)73-62(45)59(63-46(2)61(67)57(74(63)65(73,68)69)29-17-48-12-22-53(23-13-48)86-43-41-84-39-37-82-35-33-80-4)50-18-24-54(25-19-50)87-44-58(75)70-31-30-49-14-26-55(27-15-49)88(77,78)72-64(76)71-51-8-6-5-7-9-51/h10-29,51H,5-9,30-44H2,1-4H3,(H,70,75)(H2,71,72,76)/b28-16+,29-17+. The van der Waals surface area contributed by atoms with E-state index in [9.17, 15) is 18.0 Å². The van der Waals surface area contributed by atoms with E-state index in [1.54, 1.807) is 74.9 Å². The quantitative estimate of drug-likeness (QED) is 0.0260. The second-order valence-corrected chi connectivity index (χ2v) is 24.2. The molecular weight excluding hydrogens is 1290 g/mol. The molecule has 0 radical (unpaired) electrons. The van der Waals surface area contributed by atoms with Gasteiger partial charge in [-0.2, -0.15) is 0 Å². The summed E-state index contributed by atoms with van der Waals surface area (Å²) in [5.74, 6) is 1.26. The molecule has 3 heterocycles. The minimum absolute atomic E-state index is 0.0460. The molecule has 0 spiro atoms. The van der Waals surface area contributed by atoms with Crippen molar-refractivity contribution < 1.29 is 73.8 Å². The monoisotopic (exact) mass is 1360 g/mol. The zero-order chi connectivity index (χ0) is 62.5. The number of sulfonamides is 1. The Labute approximate surface area is 530 Å². The molecule has 5 aromatic rings. The number of carbonyl (C=O) groups is 2. The minimum atomic E-state index is -4.58. The van der Waals surface area contributed by atoms with Crippen LogP contribution in [0.2, 0.25) is 0 Å². The highest BCUT2D eigenvalue weighted by Gasteiger charge is 2.57. The van der Waals surface area contributed by atoms with E-state index in [0.717, 1.165) is 57.8 Å². The van der Waals surface area contributed by atoms with E-state index < -0.39 is 23.0 Å². The van der Waals surface area contributed by atoms with Gasteiger partial charge in [0.15, 0.2) is 18.0 Å². The molecule has 4 aromatic carbocycles. The van der Waals surface area contributed by atoms with Crippen molar-refractivity contribution in [1.82, 2.24) is 19.8 Å². The van der Waals surface area contributed by atoms with Crippen LogP contribution < -0.4 is 29.6 Å². The fraction of sp³-hybridized carbons (Fsp3) is 0.391. The summed E-state index contributed by atoms with van der Waals surface area (Å²) in [6, 6.07) is 27.0. The third kappa shape index (κ3) is 18.3. The Kier molecular flexibility index (Phi) is 25.6. The van der Waals surface area contributed by atoms with Gasteiger partial charge < -0.3 is 70.9 Å². The highest BCUT2D eigenvalue weighted by molar-refractivity contribution is 9.12. The van der Waals surface area contributed by atoms with E-state index in [4.69, 9.17) is 42.6 Å². The van der Waals surface area contributed by atoms with Gasteiger partial charge in [0.2, 0.25) is 0 Å². The molecule has 3 aliphatic rings. The van der Waals surface area contributed by atoms with Crippen LogP contribution in [-0.4, -0.2) is 155 Å². The molecular formula is C64H76BBr2F2N5O13S. The van der Waals surface area contributed by atoms with Crippen molar-refractivity contribution in [3.8, 4) is 17.2 Å². The van der Waals surface area contributed by atoms with E-state index in [1.807, 2.05) is 62.4 Å². The largest absolute Gasteiger partial charge is 0.737 e. The van der Waals surface area contributed by atoms with E-state index >= 15 is 8.63 Å². The van der Waals surface area contributed by atoms with Crippen LogP contribution in [0.15, 0.2) is 128 Å². The van der Waals surface area contributed by atoms with Gasteiger partial charge >= 0.3 is 13.0 Å². The molecule has 88 heavy (non-hydrogen) atoms. The maximum Gasteiger partial charge on any atom is 0.737 e. The molecule has 8 rings (SSSR count). The van der Waals surface area contributed by atoms with E-state index in [-0.39, 0.29) is 41.4 Å². The summed E-state index contributed by atoms with van der Waals surface area (Å²) in [4.78, 5) is 25.5. The first-order valence-corrected chi connectivity index (χ1v) is 32.4. The summed E-state index contributed by atoms with van der Waals surface area (Å²) in [5.41, 5.74) is 5.87. The second-order valence-electron chi connectivity index (χ2n) is 21.0. The number of allylic oxidation sites excluding steroid dienone is 3. The third-order valence-electron chi connectivity index (χ3n) is 14.8. The molecule has 18 nitrogen and oxygen atoms in total. The smallest absolute Gasteiger partial charge is 0.491 e. The average molecular weight is 1360 g/mol. The number of hydrogen-bond acceptors (Lipinski definition) is 13. The van der Waals surface area contributed by atoms with E-state index in [2.05, 4.69) is 47.2 Å². The van der Waals surface area contributed by atoms with Gasteiger partial charge in [-0.1, -0.05) is 73.9 Å². The first kappa shape index (κ1) is 67.5. The summed E-state index contributed by atoms with van der Waals surface area (Å²) < 4.78 is 117. The number of aromatic nitrogens is 1. The van der Waals surface area contributed by atoms with Gasteiger partial charge in [0.1, 0.15) is 30.5 Å². The maximum atomic E-state index is 18.2. The zero-order valence-electron chi connectivity index (χ0n) is 50.0. The first-order valence-electron chi connectivity index (χ1n) is 29.3. The Bertz CT molecular complexity index is 3430. The highest BCUT2D eigenvalue weighted by atomic mass is 79.9. The van der Waals surface area contributed by atoms with Crippen molar-refractivity contribution in [1.29, 1.82) is 0 Å². The molecule has 0 saturated heterocycles. The number of halogens is 4. The van der Waals surface area contributed by atoms with Gasteiger partial charge in [-0.05, 0) is 153 Å². The fourth-order valence-electron chi connectivity index (χ4n) is 10.3. The molecule has 24 heteroatoms. The SMILES string of the molecule is COCCOCCOCCOc1ccc(/C=C/C2=[N+]3C(=C(c4ccc(OCC(=O)NCCc5ccc(S(=O)(=O)NC(=O)NC6CCCCC6)cc5)cc4)c4c(C)c(Br)c(/C=C/c5ccc(OCCOCCOCCOC)cc5)n4[B-]3(F)F)C(C)=C2Br)cc1. The Morgan fingerprint density at radius 2 is 1.17 bits per heavy atom. The second kappa shape index (κ2) is 33.4. The number of nitrogens with zero attached hydrogens (tertiary/aromatic N) is 2. The summed E-state index contributed by atoms with van der Waals surface area (Å²) in [6.45, 7) is 4.23. The van der Waals surface area contributed by atoms with E-state index in [0.29, 0.717) is 146 Å². The Morgan fingerprint density at radius 1 is 0.659 bits per heavy atom. The van der Waals surface area contributed by atoms with Crippen LogP contribution >= 0.6 is 31.9 Å². The molecule has 3 N–H and O–H groups in total. The maximum absolute atomic E-state index is 18.2. The number of benzene rings is 4. The highest BCUT2D eigenvalue weighted by Crippen LogP contribution is 2.49. The fourth-order valence-corrected chi connectivity index (χ4v) is 12.2. The molecule has 1 aromatic heterocycles. The van der Waals surface area contributed by atoms with Crippen LogP contribution in [0.1, 0.15) is 78.2 Å². The Hall–Kier alpha value is -6.48. The van der Waals surface area contributed by atoms with E-state index in [1.165, 1.54) is 12.1 Å². The Balaban J connectivity index is 0.972. The first-order chi connectivity index (χ1) is 42.6. The van der Waals surface area contributed by atoms with Crippen LogP contribution in [0.4, 0.5) is 13.4 Å². The molecule has 1 fully saturated rings. The molecule has 3 amide bonds. The molecule has 0 atom stereocenters. The summed E-state index contributed by atoms with van der Waals surface area (Å²) in [7, 11) is -0.846. The van der Waals surface area contributed by atoms with Crippen LogP contribution in [0, 0.1) is 6.92 Å². The van der Waals surface area contributed by atoms with Gasteiger partial charge in [0.05, 0.1) is 81.0 Å². The average Bonchev–Trinajstić information content (AvgIpc) is 1.51. The van der Waals surface area contributed by atoms with Crippen molar-refractivity contribution in [2.24, 2.45) is 0 Å². The normalized spacial score (nSPS) is 15.1. The lowest BCUT2D eigenvalue weighted by Gasteiger charge is -2.34. The number of carbonyl (C=O) groups excluding carboxylic acids is 2. The summed E-state index contributed by atoms with van der Waals surface area (Å²) >= 11 is 7.50. The van der Waals surface area contributed by atoms with Gasteiger partial charge in [-0.25, -0.2) is 17.9 Å². The minimum Gasteiger partial charge on any atom is -0.491 e. The Morgan fingerprint density at radius 3 is 1.73 bits per heavy atom. The lowest BCUT2D eigenvalue weighted by Crippen LogP contribution is -2.51. The molecule has 0 unspecified atom stereocenters.